The molecule has 1 aromatic carbocycles. The van der Waals surface area contributed by atoms with Crippen molar-refractivity contribution in [2.24, 2.45) is 0 Å². The molecule has 0 bridgehead atoms. The fraction of sp³-hybridized carbons (Fsp3) is 0.647. The van der Waals surface area contributed by atoms with E-state index < -0.39 is 0 Å². The molecule has 2 nitrogen and oxygen atoms in total. The van der Waals surface area contributed by atoms with Crippen LogP contribution < -0.4 is 10.1 Å². The molecule has 1 aliphatic rings. The van der Waals surface area contributed by atoms with E-state index in [2.05, 4.69) is 80.9 Å². The lowest BCUT2D eigenvalue weighted by Gasteiger charge is -2.36. The summed E-state index contributed by atoms with van der Waals surface area (Å²) in [6, 6.07) is 9.03. The Hall–Kier alpha value is -0.320. The highest BCUT2D eigenvalue weighted by atomic mass is 32.2. The van der Waals surface area contributed by atoms with Crippen molar-refractivity contribution in [3.63, 3.8) is 0 Å². The van der Waals surface area contributed by atoms with Gasteiger partial charge in [-0.1, -0.05) is 32.9 Å². The number of thioether (sulfide) groups is 2. The predicted octanol–water partition coefficient (Wildman–Crippen LogP) is 4.36. The predicted molar refractivity (Wildman–Crippen MR) is 96.8 cm³/mol. The summed E-state index contributed by atoms with van der Waals surface area (Å²) < 4.78 is 5.67. The third kappa shape index (κ3) is 4.57. The van der Waals surface area contributed by atoms with Crippen molar-refractivity contribution in [1.29, 1.82) is 0 Å². The minimum atomic E-state index is 0.415. The molecule has 21 heavy (non-hydrogen) atoms. The molecule has 1 fully saturated rings. The molecule has 1 heterocycles. The Labute approximate surface area is 137 Å². The van der Waals surface area contributed by atoms with Crippen LogP contribution in [0, 0.1) is 0 Å². The second-order valence-electron chi connectivity index (χ2n) is 5.60. The van der Waals surface area contributed by atoms with Crippen LogP contribution in [0.4, 0.5) is 0 Å². The molecule has 1 N–H and O–H groups in total. The van der Waals surface area contributed by atoms with Crippen LogP contribution in [-0.4, -0.2) is 35.2 Å². The summed E-state index contributed by atoms with van der Waals surface area (Å²) in [5, 5.41) is 5.62. The number of ether oxygens (including phenoxy) is 1. The topological polar surface area (TPSA) is 21.3 Å². The maximum Gasteiger partial charge on any atom is 0.119 e. The third-order valence-electron chi connectivity index (χ3n) is 3.97. The minimum Gasteiger partial charge on any atom is -0.494 e. The molecule has 118 valence electrons. The Balaban J connectivity index is 2.03. The fourth-order valence-corrected chi connectivity index (χ4v) is 5.70. The molecule has 4 heteroatoms. The van der Waals surface area contributed by atoms with Gasteiger partial charge in [-0.3, -0.25) is 0 Å². The minimum absolute atomic E-state index is 0.415. The smallest absolute Gasteiger partial charge is 0.119 e. The van der Waals surface area contributed by atoms with Gasteiger partial charge in [-0.2, -0.15) is 23.5 Å². The number of rotatable bonds is 6. The van der Waals surface area contributed by atoms with Gasteiger partial charge in [-0.25, -0.2) is 0 Å². The first kappa shape index (κ1) is 17.0. The molecule has 0 saturated carbocycles. The Morgan fingerprint density at radius 2 is 1.95 bits per heavy atom. The Morgan fingerprint density at radius 3 is 2.52 bits per heavy atom. The first-order valence-electron chi connectivity index (χ1n) is 7.82. The van der Waals surface area contributed by atoms with E-state index in [1.165, 1.54) is 11.3 Å². The maximum atomic E-state index is 5.67. The van der Waals surface area contributed by atoms with E-state index in [4.69, 9.17) is 4.74 Å². The zero-order valence-corrected chi connectivity index (χ0v) is 15.1. The van der Waals surface area contributed by atoms with Crippen molar-refractivity contribution >= 4 is 23.5 Å². The fourth-order valence-electron chi connectivity index (χ4n) is 2.54. The standard InChI is InChI=1S/C17H27NOS2/c1-5-10-19-15-8-6-14(7-9-15)17(18-4)16-11-20-12(2)13(3)21-16/h6-9,12-13,16-18H,5,10-11H2,1-4H3. The molecule has 4 unspecified atom stereocenters. The quantitative estimate of drug-likeness (QED) is 0.838. The lowest BCUT2D eigenvalue weighted by Crippen LogP contribution is -2.35. The van der Waals surface area contributed by atoms with E-state index in [9.17, 15) is 0 Å². The maximum absolute atomic E-state index is 5.67. The van der Waals surface area contributed by atoms with Crippen molar-refractivity contribution in [2.75, 3.05) is 19.4 Å². The Morgan fingerprint density at radius 1 is 1.24 bits per heavy atom. The van der Waals surface area contributed by atoms with E-state index >= 15 is 0 Å². The van der Waals surface area contributed by atoms with Gasteiger partial charge in [0.1, 0.15) is 5.75 Å². The molecular weight excluding hydrogens is 298 g/mol. The molecule has 0 aromatic heterocycles. The average Bonchev–Trinajstić information content (AvgIpc) is 2.50. The van der Waals surface area contributed by atoms with Gasteiger partial charge in [-0.15, -0.1) is 0 Å². The number of hydrogen-bond donors (Lipinski definition) is 1. The Bertz CT molecular complexity index is 423. The summed E-state index contributed by atoms with van der Waals surface area (Å²) in [5.41, 5.74) is 1.36. The highest BCUT2D eigenvalue weighted by Crippen LogP contribution is 2.41. The summed E-state index contributed by atoms with van der Waals surface area (Å²) in [6.07, 6.45) is 1.05. The second kappa shape index (κ2) is 8.35. The van der Waals surface area contributed by atoms with Gasteiger partial charge in [0, 0.05) is 27.5 Å². The Kier molecular flexibility index (Phi) is 6.77. The van der Waals surface area contributed by atoms with E-state index in [0.29, 0.717) is 11.3 Å². The van der Waals surface area contributed by atoms with Gasteiger partial charge >= 0.3 is 0 Å². The van der Waals surface area contributed by atoms with Crippen molar-refractivity contribution in [2.45, 2.75) is 49.0 Å². The van der Waals surface area contributed by atoms with Crippen LogP contribution in [0.1, 0.15) is 38.8 Å². The van der Waals surface area contributed by atoms with Crippen LogP contribution in [0.3, 0.4) is 0 Å². The SMILES string of the molecule is CCCOc1ccc(C(NC)C2CSC(C)C(C)S2)cc1. The monoisotopic (exact) mass is 325 g/mol. The summed E-state index contributed by atoms with van der Waals surface area (Å²) >= 11 is 4.23. The summed E-state index contributed by atoms with van der Waals surface area (Å²) in [4.78, 5) is 0. The van der Waals surface area contributed by atoms with Crippen molar-refractivity contribution < 1.29 is 4.74 Å². The first-order valence-corrected chi connectivity index (χ1v) is 9.82. The molecule has 0 spiro atoms. The highest BCUT2D eigenvalue weighted by molar-refractivity contribution is 8.07. The third-order valence-corrected chi connectivity index (χ3v) is 7.46. The van der Waals surface area contributed by atoms with Crippen LogP contribution in [0.2, 0.25) is 0 Å². The molecule has 0 aliphatic carbocycles. The highest BCUT2D eigenvalue weighted by Gasteiger charge is 2.31. The van der Waals surface area contributed by atoms with Crippen molar-refractivity contribution in [3.8, 4) is 5.75 Å². The zero-order chi connectivity index (χ0) is 15.2. The number of hydrogen-bond acceptors (Lipinski definition) is 4. The molecular formula is C17H27NOS2. The average molecular weight is 326 g/mol. The molecule has 1 saturated heterocycles. The number of benzene rings is 1. The van der Waals surface area contributed by atoms with Gasteiger partial charge in [-0.05, 0) is 31.2 Å². The summed E-state index contributed by atoms with van der Waals surface area (Å²) in [5.74, 6) is 2.19. The van der Waals surface area contributed by atoms with Crippen LogP contribution in [-0.2, 0) is 0 Å². The van der Waals surface area contributed by atoms with Crippen LogP contribution in [0.25, 0.3) is 0 Å². The molecule has 0 radical (unpaired) electrons. The second-order valence-corrected chi connectivity index (χ2v) is 8.63. The molecule has 0 amide bonds. The van der Waals surface area contributed by atoms with Gasteiger partial charge in [0.25, 0.3) is 0 Å². The van der Waals surface area contributed by atoms with Crippen LogP contribution >= 0.6 is 23.5 Å². The van der Waals surface area contributed by atoms with Gasteiger partial charge in [0.2, 0.25) is 0 Å². The normalized spacial score (nSPS) is 27.3. The van der Waals surface area contributed by atoms with Crippen LogP contribution in [0.15, 0.2) is 24.3 Å². The molecule has 1 aromatic rings. The van der Waals surface area contributed by atoms with Gasteiger partial charge in [0.15, 0.2) is 0 Å². The van der Waals surface area contributed by atoms with E-state index in [0.717, 1.165) is 29.3 Å². The largest absolute Gasteiger partial charge is 0.494 e. The van der Waals surface area contributed by atoms with E-state index in [1.54, 1.807) is 0 Å². The first-order chi connectivity index (χ1) is 10.2. The molecule has 1 aliphatic heterocycles. The number of nitrogens with one attached hydrogen (secondary N) is 1. The van der Waals surface area contributed by atoms with Crippen molar-refractivity contribution in [1.82, 2.24) is 5.32 Å². The zero-order valence-electron chi connectivity index (χ0n) is 13.5. The van der Waals surface area contributed by atoms with Crippen LogP contribution in [0.5, 0.6) is 5.75 Å². The molecule has 2 rings (SSSR count). The summed E-state index contributed by atoms with van der Waals surface area (Å²) in [7, 11) is 2.07. The lowest BCUT2D eigenvalue weighted by molar-refractivity contribution is 0.317. The lowest BCUT2D eigenvalue weighted by atomic mass is 10.0. The van der Waals surface area contributed by atoms with E-state index in [1.807, 2.05) is 0 Å². The molecule has 4 atom stereocenters. The van der Waals surface area contributed by atoms with Gasteiger partial charge in [0.05, 0.1) is 6.61 Å². The van der Waals surface area contributed by atoms with Gasteiger partial charge < -0.3 is 10.1 Å². The van der Waals surface area contributed by atoms with E-state index in [-0.39, 0.29) is 0 Å². The summed E-state index contributed by atoms with van der Waals surface area (Å²) in [6.45, 7) is 7.61. The van der Waals surface area contributed by atoms with Crippen molar-refractivity contribution in [3.05, 3.63) is 29.8 Å².